The fraction of sp³-hybridized carbons (Fsp3) is 0.534. The highest BCUT2D eigenvalue weighted by Crippen LogP contribution is 2.16. The molecule has 4 rings (SSSR count). The molecular weight excluding hydrogens is 1350 g/mol. The Morgan fingerprint density at radius 1 is 0.438 bits per heavy atom. The van der Waals surface area contributed by atoms with Crippen LogP contribution in [0.5, 0.6) is 0 Å². The van der Waals surface area contributed by atoms with Gasteiger partial charge in [0.1, 0.15) is 60.4 Å². The number of guanidine groups is 1. The Labute approximate surface area is 614 Å². The normalized spacial score (nSPS) is 14.6. The molecule has 32 heteroatoms. The number of H-pyrrole nitrogens is 1. The molecule has 0 bridgehead atoms. The number of aromatic amines is 1. The van der Waals surface area contributed by atoms with E-state index in [1.807, 2.05) is 13.8 Å². The van der Waals surface area contributed by atoms with Crippen molar-refractivity contribution in [2.24, 2.45) is 62.9 Å². The molecule has 3 aromatic carbocycles. The summed E-state index contributed by atoms with van der Waals surface area (Å²) in [6, 6.07) is 11.6. The van der Waals surface area contributed by atoms with Crippen molar-refractivity contribution in [3.05, 3.63) is 126 Å². The van der Waals surface area contributed by atoms with E-state index in [1.54, 1.807) is 119 Å². The van der Waals surface area contributed by atoms with Gasteiger partial charge in [0.25, 0.3) is 0 Å². The third-order valence-electron chi connectivity index (χ3n) is 17.5. The van der Waals surface area contributed by atoms with Gasteiger partial charge in [-0.15, -0.1) is 0 Å². The predicted molar refractivity (Wildman–Crippen MR) is 397 cm³/mol. The van der Waals surface area contributed by atoms with Gasteiger partial charge in [0.05, 0.1) is 12.4 Å². The number of hydrogen-bond donors (Lipinski definition) is 18. The van der Waals surface area contributed by atoms with Gasteiger partial charge in [0.15, 0.2) is 5.96 Å². The van der Waals surface area contributed by atoms with Gasteiger partial charge >= 0.3 is 0 Å². The Morgan fingerprint density at radius 3 is 1.22 bits per heavy atom. The molecule has 105 heavy (non-hydrogen) atoms. The highest BCUT2D eigenvalue weighted by molar-refractivity contribution is 5.99. The number of carbonyl (C=O) groups excluding carboxylic acids is 12. The lowest BCUT2D eigenvalue weighted by Gasteiger charge is -2.30. The zero-order valence-electron chi connectivity index (χ0n) is 61.2. The van der Waals surface area contributed by atoms with Crippen LogP contribution < -0.4 is 93.3 Å². The molecule has 0 saturated carbocycles. The maximum Gasteiger partial charge on any atom is 0.243 e. The third-order valence-corrected chi connectivity index (χ3v) is 17.5. The molecule has 12 atom stereocenters. The van der Waals surface area contributed by atoms with Crippen molar-refractivity contribution in [3.63, 3.8) is 0 Å². The number of unbranched alkanes of at least 4 members (excludes halogenated alkanes) is 2. The molecule has 0 saturated heterocycles. The number of hydrogen-bond acceptors (Lipinski definition) is 17. The number of rotatable bonds is 49. The molecule has 1 heterocycles. The SMILES string of the molecule is CC[C@H](C)[C@@H](NC(=O)[C@H](Cc1ccccc1)NC(=O)[C@H](CCCCN)NC(=O)[C@@H](NC(=O)[C@H](Cc1ccccc1)NC(=O)[C@H](CCC(N)=O)NC(=O)[C@H](CCCCN)NC(=O)[C@@H](N)CC(C)C)C(C)C)C(=O)N[C@@H](Cc1cnc[nH]1)C(=O)N[C@@H](CCCN=C(N)N)C(=O)N[C@@H](Cc1ccccc1)C(N)=O. The maximum absolute atomic E-state index is 15.0. The lowest BCUT2D eigenvalue weighted by molar-refractivity contribution is -0.137. The number of nitrogens with two attached hydrogens (primary N) is 7. The van der Waals surface area contributed by atoms with E-state index in [2.05, 4.69) is 68.1 Å². The van der Waals surface area contributed by atoms with E-state index in [9.17, 15) is 52.7 Å². The summed E-state index contributed by atoms with van der Waals surface area (Å²) in [6.07, 6.45) is 4.30. The van der Waals surface area contributed by atoms with Crippen molar-refractivity contribution in [2.75, 3.05) is 19.6 Å². The summed E-state index contributed by atoms with van der Waals surface area (Å²) in [5, 5.41) is 27.4. The average Bonchev–Trinajstić information content (AvgIpc) is 1.50. The van der Waals surface area contributed by atoms with Crippen molar-refractivity contribution in [3.8, 4) is 0 Å². The minimum absolute atomic E-state index is 0.00347. The van der Waals surface area contributed by atoms with Crippen LogP contribution in [0, 0.1) is 17.8 Å². The maximum atomic E-state index is 15.0. The second-order valence-electron chi connectivity index (χ2n) is 27.1. The number of aromatic nitrogens is 2. The van der Waals surface area contributed by atoms with Crippen LogP contribution in [0.3, 0.4) is 0 Å². The summed E-state index contributed by atoms with van der Waals surface area (Å²) < 4.78 is 0. The molecular formula is C73H112N20O12. The first-order valence-corrected chi connectivity index (χ1v) is 36.0. The fourth-order valence-electron chi connectivity index (χ4n) is 11.4. The minimum atomic E-state index is -1.47. The van der Waals surface area contributed by atoms with Crippen LogP contribution in [-0.2, 0) is 83.2 Å². The number of benzene rings is 3. The van der Waals surface area contributed by atoms with Gasteiger partial charge < -0.3 is 98.3 Å². The van der Waals surface area contributed by atoms with Crippen LogP contribution >= 0.6 is 0 Å². The van der Waals surface area contributed by atoms with Crippen molar-refractivity contribution < 1.29 is 57.5 Å². The van der Waals surface area contributed by atoms with E-state index < -0.39 is 149 Å². The summed E-state index contributed by atoms with van der Waals surface area (Å²) >= 11 is 0. The molecule has 12 amide bonds. The zero-order valence-corrected chi connectivity index (χ0v) is 61.2. The number of nitrogens with one attached hydrogen (secondary N) is 11. The lowest BCUT2D eigenvalue weighted by atomic mass is 9.96. The van der Waals surface area contributed by atoms with Gasteiger partial charge in [-0.1, -0.05) is 139 Å². The molecule has 0 fully saturated rings. The first kappa shape index (κ1) is 87.1. The second-order valence-corrected chi connectivity index (χ2v) is 27.1. The second kappa shape index (κ2) is 46.4. The fourth-order valence-corrected chi connectivity index (χ4v) is 11.4. The Balaban J connectivity index is 1.65. The highest BCUT2D eigenvalue weighted by Gasteiger charge is 2.38. The van der Waals surface area contributed by atoms with Crippen molar-refractivity contribution in [2.45, 2.75) is 211 Å². The topological polar surface area (TPSA) is 548 Å². The molecule has 576 valence electrons. The number of amides is 12. The third kappa shape index (κ3) is 32.1. The number of primary amides is 2. The van der Waals surface area contributed by atoms with E-state index in [4.69, 9.17) is 40.1 Å². The Morgan fingerprint density at radius 2 is 0.810 bits per heavy atom. The van der Waals surface area contributed by atoms with Gasteiger partial charge in [-0.05, 0) is 112 Å². The smallest absolute Gasteiger partial charge is 0.243 e. The Hall–Kier alpha value is -10.3. The zero-order chi connectivity index (χ0) is 77.5. The summed E-state index contributed by atoms with van der Waals surface area (Å²) in [6.45, 7) is 11.2. The summed E-state index contributed by atoms with van der Waals surface area (Å²) in [7, 11) is 0. The number of nitrogens with zero attached hydrogens (tertiary/aromatic N) is 2. The van der Waals surface area contributed by atoms with Crippen LogP contribution in [0.4, 0.5) is 0 Å². The molecule has 0 aliphatic rings. The molecule has 0 aliphatic heterocycles. The molecule has 0 unspecified atom stereocenters. The number of aliphatic imine (C=N–C) groups is 1. The van der Waals surface area contributed by atoms with Gasteiger partial charge in [-0.25, -0.2) is 4.98 Å². The lowest BCUT2D eigenvalue weighted by Crippen LogP contribution is -2.62. The average molecular weight is 1460 g/mol. The van der Waals surface area contributed by atoms with Gasteiger partial charge in [-0.3, -0.25) is 62.5 Å². The molecule has 32 nitrogen and oxygen atoms in total. The van der Waals surface area contributed by atoms with E-state index in [0.717, 1.165) is 0 Å². The van der Waals surface area contributed by atoms with Crippen molar-refractivity contribution in [1.29, 1.82) is 0 Å². The molecule has 4 aromatic rings. The van der Waals surface area contributed by atoms with Gasteiger partial charge in [0, 0.05) is 50.5 Å². The monoisotopic (exact) mass is 1460 g/mol. The molecule has 0 aliphatic carbocycles. The summed E-state index contributed by atoms with van der Waals surface area (Å²) in [5.74, 6) is -11.0. The number of imidazole rings is 1. The standard InChI is InChI=1S/C73H112N20O12/c1-7-45(6)61(72(105)91-58(40-49-41-81-42-83-49)68(101)85-53(30-21-35-82-73(79)80)65(98)88-55(62(78)95)37-46-22-11-8-12-23-46)93-70(103)57(39-48-26-15-10-16-27-48)89-66(99)52(29-18-20-34-75)87-71(104)60(44(4)5)92-69(102)56(38-47-24-13-9-14-25-47)90-67(100)54(31-32-59(77)94)86-64(97)51(28-17-19-33-74)84-63(96)50(76)36-43(2)3/h8-16,22-27,41-45,50-58,60-61H,7,17-21,28-40,74-76H2,1-6H3,(H2,77,94)(H2,78,95)(H,81,83)(H,84,96)(H,85,101)(H,86,97)(H,87,104)(H,88,98)(H,89,99)(H,90,100)(H,91,105)(H,92,102)(H,93,103)(H4,79,80,82)/t45-,50-,51-,52-,53-,54-,55-,56-,57-,58-,60-,61+/m0/s1. The Bertz CT molecular complexity index is 3440. The Kier molecular flexibility index (Phi) is 38.5. The largest absolute Gasteiger partial charge is 0.370 e. The molecule has 0 radical (unpaired) electrons. The van der Waals surface area contributed by atoms with E-state index >= 15 is 4.79 Å². The van der Waals surface area contributed by atoms with Gasteiger partial charge in [0.2, 0.25) is 70.9 Å². The minimum Gasteiger partial charge on any atom is -0.370 e. The van der Waals surface area contributed by atoms with E-state index in [1.165, 1.54) is 12.5 Å². The van der Waals surface area contributed by atoms with Crippen LogP contribution in [0.2, 0.25) is 0 Å². The van der Waals surface area contributed by atoms with Gasteiger partial charge in [-0.2, -0.15) is 0 Å². The predicted octanol–water partition coefficient (Wildman–Crippen LogP) is -1.33. The molecule has 25 N–H and O–H groups in total. The summed E-state index contributed by atoms with van der Waals surface area (Å²) in [5.41, 5.74) is 42.6. The summed E-state index contributed by atoms with van der Waals surface area (Å²) in [4.78, 5) is 181. The number of carbonyl (C=O) groups is 12. The highest BCUT2D eigenvalue weighted by atomic mass is 16.2. The van der Waals surface area contributed by atoms with Crippen LogP contribution in [-0.4, -0.2) is 173 Å². The first-order valence-electron chi connectivity index (χ1n) is 36.0. The van der Waals surface area contributed by atoms with E-state index in [-0.39, 0.29) is 89.2 Å². The van der Waals surface area contributed by atoms with Crippen molar-refractivity contribution >= 4 is 76.8 Å². The van der Waals surface area contributed by atoms with Crippen LogP contribution in [0.1, 0.15) is 141 Å². The molecule has 1 aromatic heterocycles. The van der Waals surface area contributed by atoms with E-state index in [0.29, 0.717) is 67.5 Å². The first-order chi connectivity index (χ1) is 50.0. The van der Waals surface area contributed by atoms with Crippen molar-refractivity contribution in [1.82, 2.24) is 63.1 Å². The van der Waals surface area contributed by atoms with Crippen LogP contribution in [0.15, 0.2) is 109 Å². The molecule has 0 spiro atoms. The van der Waals surface area contributed by atoms with Crippen LogP contribution in [0.25, 0.3) is 0 Å². The quantitative estimate of drug-likeness (QED) is 0.0138.